The zero-order valence-corrected chi connectivity index (χ0v) is 29.6. The van der Waals surface area contributed by atoms with Gasteiger partial charge in [-0.05, 0) is 96.7 Å². The number of aryl methyl sites for hydroxylation is 5. The Hall–Kier alpha value is -3.11. The molecule has 1 fully saturated rings. The highest BCUT2D eigenvalue weighted by Crippen LogP contribution is 2.54. The first kappa shape index (κ1) is 39.1. The number of nitrogens with one attached hydrogen (secondary N) is 2. The lowest BCUT2D eigenvalue weighted by Crippen LogP contribution is -2.43. The second-order valence-corrected chi connectivity index (χ2v) is 11.9. The van der Waals surface area contributed by atoms with Gasteiger partial charge in [0.15, 0.2) is 0 Å². The van der Waals surface area contributed by atoms with E-state index in [2.05, 4.69) is 50.6 Å². The van der Waals surface area contributed by atoms with Crippen molar-refractivity contribution in [1.29, 1.82) is 0 Å². The normalized spacial score (nSPS) is 15.4. The molecule has 3 N–H and O–H groups in total. The smallest absolute Gasteiger partial charge is 0.326 e. The number of fused-ring (bicyclic) bond motifs is 1. The number of aromatic nitrogens is 3. The van der Waals surface area contributed by atoms with Gasteiger partial charge in [0.25, 0.3) is 0 Å². The van der Waals surface area contributed by atoms with Gasteiger partial charge in [0, 0.05) is 60.5 Å². The molecule has 2 aromatic heterocycles. The molecule has 0 aromatic carbocycles. The maximum Gasteiger partial charge on any atom is 0.326 e. The molecular weight excluding hydrogens is 583 g/mol. The van der Waals surface area contributed by atoms with Crippen molar-refractivity contribution in [1.82, 2.24) is 25.2 Å². The Labute approximate surface area is 276 Å². The summed E-state index contributed by atoms with van der Waals surface area (Å²) in [6.07, 6.45) is 10.7. The van der Waals surface area contributed by atoms with Crippen LogP contribution < -0.4 is 10.6 Å². The largest absolute Gasteiger partial charge is 0.480 e. The highest BCUT2D eigenvalue weighted by atomic mass is 19.1. The monoisotopic (exact) mass is 642 g/mol. The Balaban J connectivity index is 0.00000177. The lowest BCUT2D eigenvalue weighted by Gasteiger charge is -2.29. The fourth-order valence-electron chi connectivity index (χ4n) is 6.41. The zero-order valence-electron chi connectivity index (χ0n) is 29.6. The van der Waals surface area contributed by atoms with E-state index in [0.29, 0.717) is 26.7 Å². The molecule has 2 aliphatic rings. The van der Waals surface area contributed by atoms with Crippen LogP contribution in [0.15, 0.2) is 23.9 Å². The van der Waals surface area contributed by atoms with E-state index in [0.717, 1.165) is 105 Å². The number of allylic oxidation sites excluding steroid dienone is 2. The van der Waals surface area contributed by atoms with Gasteiger partial charge in [-0.15, -0.1) is 0 Å². The minimum Gasteiger partial charge on any atom is -0.480 e. The standard InChI is InChI=1S/C33H50N6O3.C2H6.CH3F/c1-6-10-29(33(16-17-33)30-23(2)35-25(4)36-24(30)3)38-28(32(40)41)15-20-39(21-22-42-5)19-8-7-12-27-14-13-26-11-9-18-34-31(26)37-27;2*1-2/h10,13-14,28,38H,6-9,11-12,15-22H2,1-5H3,(H,34,37)(H,40,41);1-2H3;1H3/b29-10+;;. The van der Waals surface area contributed by atoms with Crippen LogP contribution >= 0.6 is 0 Å². The Morgan fingerprint density at radius 2 is 1.80 bits per heavy atom. The number of anilines is 1. The van der Waals surface area contributed by atoms with E-state index in [9.17, 15) is 14.3 Å². The van der Waals surface area contributed by atoms with Crippen molar-refractivity contribution in [3.63, 3.8) is 0 Å². The second-order valence-electron chi connectivity index (χ2n) is 11.9. The number of rotatable bonds is 17. The summed E-state index contributed by atoms with van der Waals surface area (Å²) < 4.78 is 14.9. The highest BCUT2D eigenvalue weighted by Gasteiger charge is 2.50. The van der Waals surface area contributed by atoms with Crippen LogP contribution in [0.25, 0.3) is 0 Å². The molecule has 2 aromatic rings. The molecule has 1 saturated carbocycles. The van der Waals surface area contributed by atoms with Crippen LogP contribution in [0, 0.1) is 20.8 Å². The number of ether oxygens (including phenoxy) is 1. The van der Waals surface area contributed by atoms with Crippen LogP contribution in [0.3, 0.4) is 0 Å². The highest BCUT2D eigenvalue weighted by molar-refractivity contribution is 5.74. The number of carboxylic acid groups (broad SMARTS) is 1. The number of carbonyl (C=O) groups is 1. The van der Waals surface area contributed by atoms with Crippen molar-refractivity contribution in [2.45, 2.75) is 111 Å². The lowest BCUT2D eigenvalue weighted by atomic mass is 9.88. The molecule has 1 aliphatic heterocycles. The summed E-state index contributed by atoms with van der Waals surface area (Å²) in [7, 11) is 2.21. The Morgan fingerprint density at radius 1 is 1.11 bits per heavy atom. The summed E-state index contributed by atoms with van der Waals surface area (Å²) in [5, 5.41) is 17.1. The number of nitrogens with zero attached hydrogens (tertiary/aromatic N) is 4. The Morgan fingerprint density at radius 3 is 2.41 bits per heavy atom. The molecule has 0 amide bonds. The quantitative estimate of drug-likeness (QED) is 0.167. The predicted octanol–water partition coefficient (Wildman–Crippen LogP) is 6.50. The zero-order chi connectivity index (χ0) is 34.1. The van der Waals surface area contributed by atoms with Gasteiger partial charge in [-0.1, -0.05) is 32.9 Å². The number of unbranched alkanes of at least 4 members (excludes halogenated alkanes) is 1. The molecule has 46 heavy (non-hydrogen) atoms. The van der Waals surface area contributed by atoms with Crippen LogP contribution in [0.2, 0.25) is 0 Å². The van der Waals surface area contributed by atoms with E-state index < -0.39 is 12.0 Å². The number of pyridine rings is 1. The molecule has 4 rings (SSSR count). The fraction of sp³-hybridized carbons (Fsp3) is 0.667. The number of hydrogen-bond donors (Lipinski definition) is 3. The molecule has 0 saturated heterocycles. The van der Waals surface area contributed by atoms with Gasteiger partial charge in [0.2, 0.25) is 0 Å². The third-order valence-corrected chi connectivity index (χ3v) is 8.62. The van der Waals surface area contributed by atoms with E-state index in [1.165, 1.54) is 12.0 Å². The van der Waals surface area contributed by atoms with Crippen LogP contribution in [0.1, 0.15) is 99.8 Å². The Bertz CT molecular complexity index is 1230. The van der Waals surface area contributed by atoms with Crippen LogP contribution in [-0.2, 0) is 27.8 Å². The average molecular weight is 643 g/mol. The number of carboxylic acids is 1. The van der Waals surface area contributed by atoms with Crippen molar-refractivity contribution >= 4 is 11.8 Å². The minimum absolute atomic E-state index is 0.221. The van der Waals surface area contributed by atoms with E-state index >= 15 is 0 Å². The first-order valence-electron chi connectivity index (χ1n) is 17.1. The van der Waals surface area contributed by atoms with Crippen molar-refractivity contribution in [2.75, 3.05) is 52.4 Å². The molecule has 3 heterocycles. The molecule has 0 radical (unpaired) electrons. The van der Waals surface area contributed by atoms with Crippen LogP contribution in [0.4, 0.5) is 10.2 Å². The Kier molecular flexibility index (Phi) is 17.2. The van der Waals surface area contributed by atoms with Gasteiger partial charge in [-0.25, -0.2) is 19.7 Å². The third kappa shape index (κ3) is 11.0. The summed E-state index contributed by atoms with van der Waals surface area (Å²) in [6.45, 7) is 16.1. The maximum absolute atomic E-state index is 12.5. The molecule has 1 atom stereocenters. The van der Waals surface area contributed by atoms with Crippen molar-refractivity contribution in [3.8, 4) is 0 Å². The van der Waals surface area contributed by atoms with Crippen LogP contribution in [-0.4, -0.2) is 84.0 Å². The summed E-state index contributed by atoms with van der Waals surface area (Å²) in [5.41, 5.74) is 6.36. The SMILES string of the molecule is CC.CC/C=C(/NC(CCN(CCCCc1ccc2c(n1)NCCC2)CCOC)C(=O)O)C1(c2c(C)nc(C)nc2C)CC1.CF. The van der Waals surface area contributed by atoms with E-state index in [1.807, 2.05) is 34.6 Å². The fourth-order valence-corrected chi connectivity index (χ4v) is 6.41. The minimum atomic E-state index is -0.819. The predicted molar refractivity (Wildman–Crippen MR) is 185 cm³/mol. The summed E-state index contributed by atoms with van der Waals surface area (Å²) in [4.78, 5) is 28.9. The number of halogens is 1. The molecule has 10 heteroatoms. The second kappa shape index (κ2) is 20.2. The summed E-state index contributed by atoms with van der Waals surface area (Å²) >= 11 is 0. The van der Waals surface area contributed by atoms with E-state index in [1.54, 1.807) is 7.11 Å². The number of hydrogen-bond acceptors (Lipinski definition) is 8. The first-order valence-corrected chi connectivity index (χ1v) is 17.1. The number of aliphatic carboxylic acids is 1. The van der Waals surface area contributed by atoms with Crippen LogP contribution in [0.5, 0.6) is 0 Å². The number of methoxy groups -OCH3 is 1. The molecule has 0 bridgehead atoms. The van der Waals surface area contributed by atoms with E-state index in [-0.39, 0.29) is 5.41 Å². The summed E-state index contributed by atoms with van der Waals surface area (Å²) in [6, 6.07) is 3.71. The molecular formula is C36H59FN6O3. The molecule has 9 nitrogen and oxygen atoms in total. The molecule has 1 unspecified atom stereocenters. The molecule has 1 aliphatic carbocycles. The van der Waals surface area contributed by atoms with Crippen molar-refractivity contribution in [2.24, 2.45) is 0 Å². The van der Waals surface area contributed by atoms with Gasteiger partial charge in [0.1, 0.15) is 17.7 Å². The van der Waals surface area contributed by atoms with Gasteiger partial charge < -0.3 is 25.4 Å². The maximum atomic E-state index is 12.5. The van der Waals surface area contributed by atoms with E-state index in [4.69, 9.17) is 9.72 Å². The number of alkyl halides is 1. The van der Waals surface area contributed by atoms with Gasteiger partial charge in [-0.3, -0.25) is 4.39 Å². The topological polar surface area (TPSA) is 113 Å². The van der Waals surface area contributed by atoms with Gasteiger partial charge in [0.05, 0.1) is 13.8 Å². The van der Waals surface area contributed by atoms with Gasteiger partial charge in [-0.2, -0.15) is 0 Å². The first-order chi connectivity index (χ1) is 22.3. The van der Waals surface area contributed by atoms with Crippen molar-refractivity contribution < 1.29 is 19.0 Å². The summed E-state index contributed by atoms with van der Waals surface area (Å²) in [5.74, 6) is 1.01. The molecule has 258 valence electrons. The average Bonchev–Trinajstić information content (AvgIpc) is 3.85. The van der Waals surface area contributed by atoms with Gasteiger partial charge >= 0.3 is 5.97 Å². The lowest BCUT2D eigenvalue weighted by molar-refractivity contribution is -0.139. The molecule has 0 spiro atoms. The van der Waals surface area contributed by atoms with Crippen molar-refractivity contribution in [3.05, 3.63) is 57.9 Å². The third-order valence-electron chi connectivity index (χ3n) is 8.62.